The molecule has 0 bridgehead atoms. The molecule has 1 rings (SSSR count). The molecule has 0 spiro atoms. The fourth-order valence-electron chi connectivity index (χ4n) is 0.947. The van der Waals surface area contributed by atoms with E-state index in [2.05, 4.69) is 25.2 Å². The Bertz CT molecular complexity index is 118. The zero-order chi connectivity index (χ0) is 7.82. The van der Waals surface area contributed by atoms with E-state index in [4.69, 9.17) is 0 Å². The van der Waals surface area contributed by atoms with Crippen LogP contribution < -0.4 is 0 Å². The maximum atomic E-state index is 2.23. The molecule has 0 aromatic heterocycles. The van der Waals surface area contributed by atoms with Crippen molar-refractivity contribution >= 4 is 0 Å². The van der Waals surface area contributed by atoms with Gasteiger partial charge in [-0.1, -0.05) is 52.0 Å². The van der Waals surface area contributed by atoms with Crippen LogP contribution in [0.1, 0.15) is 47.5 Å². The van der Waals surface area contributed by atoms with Gasteiger partial charge in [0.15, 0.2) is 0 Å². The first-order chi connectivity index (χ1) is 4.93. The Hall–Kier alpha value is -0.520. The molecule has 0 heteroatoms. The molecule has 0 saturated heterocycles. The van der Waals surface area contributed by atoms with Crippen LogP contribution in [0.5, 0.6) is 0 Å². The molecular weight excluding hydrogens is 132 g/mol. The first kappa shape index (κ1) is 13.1. The standard InChI is InChI=1S/C8H12.C2H6.CH4/c1-2-8-6-4-3-5-7-8;1-2;/h3-4,6H,2,5,7H2,1H3;1-2H3;1H4. The molecule has 0 aromatic rings. The molecule has 0 saturated carbocycles. The topological polar surface area (TPSA) is 0 Å². The smallest absolute Gasteiger partial charge is 0.0282 e. The van der Waals surface area contributed by atoms with Crippen LogP contribution in [0.15, 0.2) is 23.8 Å². The highest BCUT2D eigenvalue weighted by Gasteiger charge is 1.93. The third-order valence-electron chi connectivity index (χ3n) is 1.55. The van der Waals surface area contributed by atoms with Gasteiger partial charge < -0.3 is 0 Å². The monoisotopic (exact) mass is 154 g/mol. The Balaban J connectivity index is 0. The molecule has 0 nitrogen and oxygen atoms in total. The van der Waals surface area contributed by atoms with E-state index in [9.17, 15) is 0 Å². The fraction of sp³-hybridized carbons (Fsp3) is 0.636. The van der Waals surface area contributed by atoms with Gasteiger partial charge in [0.05, 0.1) is 0 Å². The van der Waals surface area contributed by atoms with Crippen molar-refractivity contribution in [3.8, 4) is 0 Å². The van der Waals surface area contributed by atoms with Crippen molar-refractivity contribution in [3.63, 3.8) is 0 Å². The number of hydrogen-bond acceptors (Lipinski definition) is 0. The summed E-state index contributed by atoms with van der Waals surface area (Å²) in [6, 6.07) is 0. The first-order valence-corrected chi connectivity index (χ1v) is 4.28. The van der Waals surface area contributed by atoms with Crippen LogP contribution in [0.3, 0.4) is 0 Å². The predicted octanol–water partition coefficient (Wildman–Crippen LogP) is 4.34. The lowest BCUT2D eigenvalue weighted by molar-refractivity contribution is 0.895. The van der Waals surface area contributed by atoms with Gasteiger partial charge in [-0.05, 0) is 19.3 Å². The van der Waals surface area contributed by atoms with Crippen molar-refractivity contribution in [2.75, 3.05) is 0 Å². The van der Waals surface area contributed by atoms with Gasteiger partial charge in [-0.15, -0.1) is 0 Å². The van der Waals surface area contributed by atoms with Crippen LogP contribution in [0.2, 0.25) is 0 Å². The molecule has 66 valence electrons. The predicted molar refractivity (Wildman–Crippen MR) is 54.8 cm³/mol. The Kier molecular flexibility index (Phi) is 11.3. The van der Waals surface area contributed by atoms with E-state index in [-0.39, 0.29) is 7.43 Å². The summed E-state index contributed by atoms with van der Waals surface area (Å²) in [6.45, 7) is 6.21. The largest absolute Gasteiger partial charge is 0.0842 e. The zero-order valence-electron chi connectivity index (χ0n) is 7.35. The highest BCUT2D eigenvalue weighted by molar-refractivity contribution is 5.16. The second kappa shape index (κ2) is 9.48. The second-order valence-corrected chi connectivity index (χ2v) is 2.15. The van der Waals surface area contributed by atoms with Crippen molar-refractivity contribution in [2.24, 2.45) is 0 Å². The molecule has 0 fully saturated rings. The van der Waals surface area contributed by atoms with E-state index < -0.39 is 0 Å². The van der Waals surface area contributed by atoms with E-state index in [1.165, 1.54) is 19.3 Å². The summed E-state index contributed by atoms with van der Waals surface area (Å²) < 4.78 is 0. The van der Waals surface area contributed by atoms with Crippen molar-refractivity contribution in [1.82, 2.24) is 0 Å². The lowest BCUT2D eigenvalue weighted by atomic mass is 10.0. The minimum Gasteiger partial charge on any atom is -0.0842 e. The van der Waals surface area contributed by atoms with E-state index in [0.717, 1.165) is 0 Å². The minimum atomic E-state index is 0. The van der Waals surface area contributed by atoms with Crippen LogP contribution in [0.25, 0.3) is 0 Å². The Morgan fingerprint density at radius 2 is 2.00 bits per heavy atom. The Morgan fingerprint density at radius 1 is 1.36 bits per heavy atom. The van der Waals surface area contributed by atoms with Crippen LogP contribution in [0.4, 0.5) is 0 Å². The van der Waals surface area contributed by atoms with Gasteiger partial charge in [-0.25, -0.2) is 0 Å². The van der Waals surface area contributed by atoms with E-state index in [0.29, 0.717) is 0 Å². The molecule has 1 aliphatic carbocycles. The molecule has 0 N–H and O–H groups in total. The van der Waals surface area contributed by atoms with Crippen molar-refractivity contribution < 1.29 is 0 Å². The summed E-state index contributed by atoms with van der Waals surface area (Å²) in [6.07, 6.45) is 10.4. The average molecular weight is 154 g/mol. The van der Waals surface area contributed by atoms with Gasteiger partial charge in [0.25, 0.3) is 0 Å². The maximum Gasteiger partial charge on any atom is -0.0282 e. The van der Waals surface area contributed by atoms with E-state index >= 15 is 0 Å². The van der Waals surface area contributed by atoms with Crippen molar-refractivity contribution in [3.05, 3.63) is 23.8 Å². The Morgan fingerprint density at radius 3 is 2.27 bits per heavy atom. The van der Waals surface area contributed by atoms with Crippen molar-refractivity contribution in [2.45, 2.75) is 47.5 Å². The molecule has 0 amide bonds. The Labute approximate surface area is 72.0 Å². The number of allylic oxidation sites excluding steroid dienone is 4. The molecule has 0 aliphatic heterocycles. The fourth-order valence-corrected chi connectivity index (χ4v) is 0.947. The summed E-state index contributed by atoms with van der Waals surface area (Å²) in [5.74, 6) is 0. The van der Waals surface area contributed by atoms with Crippen LogP contribution in [-0.4, -0.2) is 0 Å². The normalized spacial score (nSPS) is 13.9. The van der Waals surface area contributed by atoms with Gasteiger partial charge in [0.1, 0.15) is 0 Å². The third kappa shape index (κ3) is 5.90. The van der Waals surface area contributed by atoms with Crippen LogP contribution >= 0.6 is 0 Å². The van der Waals surface area contributed by atoms with Crippen LogP contribution in [-0.2, 0) is 0 Å². The highest BCUT2D eigenvalue weighted by Crippen LogP contribution is 2.13. The molecular formula is C11H22. The van der Waals surface area contributed by atoms with Gasteiger partial charge in [0.2, 0.25) is 0 Å². The van der Waals surface area contributed by atoms with Gasteiger partial charge in [-0.2, -0.15) is 0 Å². The lowest BCUT2D eigenvalue weighted by Gasteiger charge is -2.03. The SMILES string of the molecule is C.CC.CCC1=CC=CCC1. The average Bonchev–Trinajstić information content (AvgIpc) is 2.10. The third-order valence-corrected chi connectivity index (χ3v) is 1.55. The lowest BCUT2D eigenvalue weighted by Crippen LogP contribution is -1.83. The molecule has 0 aromatic carbocycles. The van der Waals surface area contributed by atoms with E-state index in [1.54, 1.807) is 5.57 Å². The summed E-state index contributed by atoms with van der Waals surface area (Å²) in [5, 5.41) is 0. The van der Waals surface area contributed by atoms with E-state index in [1.807, 2.05) is 13.8 Å². The quantitative estimate of drug-likeness (QED) is 0.527. The summed E-state index contributed by atoms with van der Waals surface area (Å²) in [4.78, 5) is 0. The summed E-state index contributed by atoms with van der Waals surface area (Å²) in [7, 11) is 0. The molecule has 11 heavy (non-hydrogen) atoms. The van der Waals surface area contributed by atoms with Gasteiger partial charge in [-0.3, -0.25) is 0 Å². The first-order valence-electron chi connectivity index (χ1n) is 4.28. The summed E-state index contributed by atoms with van der Waals surface area (Å²) in [5.41, 5.74) is 1.59. The van der Waals surface area contributed by atoms with Gasteiger partial charge >= 0.3 is 0 Å². The number of rotatable bonds is 1. The minimum absolute atomic E-state index is 0. The highest BCUT2D eigenvalue weighted by atomic mass is 14.0. The molecule has 0 heterocycles. The molecule has 0 unspecified atom stereocenters. The zero-order valence-corrected chi connectivity index (χ0v) is 7.35. The molecule has 0 atom stereocenters. The molecule has 0 radical (unpaired) electrons. The second-order valence-electron chi connectivity index (χ2n) is 2.15. The number of hydrogen-bond donors (Lipinski definition) is 0. The summed E-state index contributed by atoms with van der Waals surface area (Å²) >= 11 is 0. The molecule has 1 aliphatic rings. The van der Waals surface area contributed by atoms with Crippen molar-refractivity contribution in [1.29, 1.82) is 0 Å². The van der Waals surface area contributed by atoms with Gasteiger partial charge in [0, 0.05) is 0 Å². The van der Waals surface area contributed by atoms with Crippen LogP contribution in [0, 0.1) is 0 Å². The maximum absolute atomic E-state index is 2.23.